The van der Waals surface area contributed by atoms with Gasteiger partial charge in [-0.15, -0.1) is 0 Å². The highest BCUT2D eigenvalue weighted by Crippen LogP contribution is 2.18. The quantitative estimate of drug-likeness (QED) is 0.820. The predicted octanol–water partition coefficient (Wildman–Crippen LogP) is 1.21. The highest BCUT2D eigenvalue weighted by atomic mass is 19.1. The van der Waals surface area contributed by atoms with E-state index in [1.807, 2.05) is 0 Å². The van der Waals surface area contributed by atoms with E-state index in [0.29, 0.717) is 17.0 Å². The molecule has 0 fully saturated rings. The topological polar surface area (TPSA) is 67.2 Å². The van der Waals surface area contributed by atoms with Crippen LogP contribution in [0.5, 0.6) is 0 Å². The van der Waals surface area contributed by atoms with Gasteiger partial charge in [0, 0.05) is 7.05 Å². The van der Waals surface area contributed by atoms with Crippen molar-refractivity contribution in [1.29, 1.82) is 0 Å². The van der Waals surface area contributed by atoms with Gasteiger partial charge in [0.15, 0.2) is 0 Å². The van der Waals surface area contributed by atoms with Crippen LogP contribution in [0.2, 0.25) is 0 Å². The maximum atomic E-state index is 13.0. The van der Waals surface area contributed by atoms with Crippen molar-refractivity contribution < 1.29 is 14.3 Å². The molecule has 16 heavy (non-hydrogen) atoms. The van der Waals surface area contributed by atoms with Gasteiger partial charge in [0.05, 0.1) is 11.0 Å². The number of carboxylic acid groups (broad SMARTS) is 1. The van der Waals surface area contributed by atoms with Crippen molar-refractivity contribution in [3.8, 4) is 0 Å². The number of carbonyl (C=O) groups is 1. The van der Waals surface area contributed by atoms with Crippen molar-refractivity contribution in [2.45, 2.75) is 0 Å². The number of fused-ring (bicyclic) bond motifs is 1. The molecule has 1 aromatic carbocycles. The molecule has 0 saturated carbocycles. The predicted molar refractivity (Wildman–Crippen MR) is 56.8 cm³/mol. The first-order valence-electron chi connectivity index (χ1n) is 4.65. The summed E-state index contributed by atoms with van der Waals surface area (Å²) in [4.78, 5) is 14.5. The fourth-order valence-corrected chi connectivity index (χ4v) is 1.48. The fraction of sp³-hybridized carbons (Fsp3) is 0.200. The van der Waals surface area contributed by atoms with Crippen molar-refractivity contribution in [2.24, 2.45) is 7.05 Å². The zero-order valence-electron chi connectivity index (χ0n) is 8.57. The van der Waals surface area contributed by atoms with Crippen LogP contribution in [0.25, 0.3) is 11.0 Å². The molecule has 2 N–H and O–H groups in total. The molecule has 5 nitrogen and oxygen atoms in total. The molecule has 0 amide bonds. The lowest BCUT2D eigenvalue weighted by Crippen LogP contribution is -2.14. The number of rotatable bonds is 3. The van der Waals surface area contributed by atoms with Crippen LogP contribution in [0.3, 0.4) is 0 Å². The van der Waals surface area contributed by atoms with Crippen LogP contribution >= 0.6 is 0 Å². The van der Waals surface area contributed by atoms with E-state index in [2.05, 4.69) is 10.3 Å². The van der Waals surface area contributed by atoms with Crippen LogP contribution in [0, 0.1) is 5.82 Å². The summed E-state index contributed by atoms with van der Waals surface area (Å²) in [5.74, 6) is -0.915. The highest BCUT2D eigenvalue weighted by Gasteiger charge is 2.08. The molecule has 0 aliphatic heterocycles. The number of nitrogens with one attached hydrogen (secondary N) is 1. The summed E-state index contributed by atoms with van der Waals surface area (Å²) in [7, 11) is 1.69. The summed E-state index contributed by atoms with van der Waals surface area (Å²) < 4.78 is 14.6. The maximum Gasteiger partial charge on any atom is 0.322 e. The molecule has 2 rings (SSSR count). The largest absolute Gasteiger partial charge is 0.480 e. The average Bonchev–Trinajstić information content (AvgIpc) is 2.53. The summed E-state index contributed by atoms with van der Waals surface area (Å²) in [5, 5.41) is 11.2. The van der Waals surface area contributed by atoms with Crippen molar-refractivity contribution in [3.05, 3.63) is 24.0 Å². The number of benzene rings is 1. The average molecular weight is 223 g/mol. The Morgan fingerprint density at radius 1 is 1.62 bits per heavy atom. The van der Waals surface area contributed by atoms with Crippen LogP contribution in [0.1, 0.15) is 0 Å². The molecule has 6 heteroatoms. The number of anilines is 1. The number of hydrogen-bond acceptors (Lipinski definition) is 3. The zero-order chi connectivity index (χ0) is 11.7. The van der Waals surface area contributed by atoms with Crippen LogP contribution in [0.4, 0.5) is 10.3 Å². The first kappa shape index (κ1) is 10.4. The first-order valence-corrected chi connectivity index (χ1v) is 4.65. The Labute approximate surface area is 90.5 Å². The fourth-order valence-electron chi connectivity index (χ4n) is 1.48. The van der Waals surface area contributed by atoms with Gasteiger partial charge in [0.2, 0.25) is 5.95 Å². The molecule has 84 valence electrons. The van der Waals surface area contributed by atoms with Crippen molar-refractivity contribution in [2.75, 3.05) is 11.9 Å². The van der Waals surface area contributed by atoms with Gasteiger partial charge >= 0.3 is 5.97 Å². The minimum absolute atomic E-state index is 0.223. The molecule has 0 spiro atoms. The molecule has 0 bridgehead atoms. The monoisotopic (exact) mass is 223 g/mol. The van der Waals surface area contributed by atoms with E-state index >= 15 is 0 Å². The maximum absolute atomic E-state index is 13.0. The Morgan fingerprint density at radius 2 is 2.38 bits per heavy atom. The standard InChI is InChI=1S/C10H10FN3O2/c1-14-8-4-6(11)2-3-7(8)13-10(14)12-5-9(15)16/h2-4H,5H2,1H3,(H,12,13)(H,15,16). The van der Waals surface area contributed by atoms with Gasteiger partial charge in [0.1, 0.15) is 12.4 Å². The van der Waals surface area contributed by atoms with E-state index in [1.54, 1.807) is 17.7 Å². The second-order valence-corrected chi connectivity index (χ2v) is 3.37. The second kappa shape index (κ2) is 3.80. The van der Waals surface area contributed by atoms with Crippen LogP contribution in [-0.4, -0.2) is 27.2 Å². The summed E-state index contributed by atoms with van der Waals surface area (Å²) in [5.41, 5.74) is 1.24. The molecule has 0 aliphatic carbocycles. The summed E-state index contributed by atoms with van der Waals surface area (Å²) >= 11 is 0. The van der Waals surface area contributed by atoms with E-state index in [-0.39, 0.29) is 12.4 Å². The minimum Gasteiger partial charge on any atom is -0.480 e. The summed E-state index contributed by atoms with van der Waals surface area (Å²) in [6, 6.07) is 4.22. The Hall–Kier alpha value is -2.11. The Morgan fingerprint density at radius 3 is 3.06 bits per heavy atom. The summed E-state index contributed by atoms with van der Waals surface area (Å²) in [6.45, 7) is -0.223. The van der Waals surface area contributed by atoms with Gasteiger partial charge in [-0.3, -0.25) is 4.79 Å². The number of aromatic nitrogens is 2. The molecule has 0 saturated heterocycles. The third kappa shape index (κ3) is 1.81. The number of nitrogens with zero attached hydrogens (tertiary/aromatic N) is 2. The SMILES string of the molecule is Cn1c(NCC(=O)O)nc2ccc(F)cc21. The van der Waals surface area contributed by atoms with E-state index < -0.39 is 5.97 Å². The number of hydrogen-bond donors (Lipinski definition) is 2. The Kier molecular flexibility index (Phi) is 2.47. The van der Waals surface area contributed by atoms with Gasteiger partial charge in [-0.05, 0) is 18.2 Å². The van der Waals surface area contributed by atoms with Crippen LogP contribution < -0.4 is 5.32 Å². The van der Waals surface area contributed by atoms with E-state index in [1.165, 1.54) is 12.1 Å². The molecule has 0 atom stereocenters. The van der Waals surface area contributed by atoms with Gasteiger partial charge in [-0.1, -0.05) is 0 Å². The Balaban J connectivity index is 2.40. The van der Waals surface area contributed by atoms with Crippen LogP contribution in [-0.2, 0) is 11.8 Å². The summed E-state index contributed by atoms with van der Waals surface area (Å²) in [6.07, 6.45) is 0. The number of aliphatic carboxylic acids is 1. The number of carboxylic acids is 1. The lowest BCUT2D eigenvalue weighted by molar-refractivity contribution is -0.134. The van der Waals surface area contributed by atoms with Gasteiger partial charge in [-0.2, -0.15) is 0 Å². The lowest BCUT2D eigenvalue weighted by atomic mass is 10.3. The van der Waals surface area contributed by atoms with Crippen molar-refractivity contribution in [3.63, 3.8) is 0 Å². The molecular weight excluding hydrogens is 213 g/mol. The molecule has 2 aromatic rings. The molecule has 1 aromatic heterocycles. The number of imidazole rings is 1. The molecular formula is C10H10FN3O2. The number of aryl methyl sites for hydroxylation is 1. The molecule has 0 unspecified atom stereocenters. The van der Waals surface area contributed by atoms with E-state index in [9.17, 15) is 9.18 Å². The van der Waals surface area contributed by atoms with E-state index in [0.717, 1.165) is 0 Å². The Bertz CT molecular complexity index is 550. The minimum atomic E-state index is -0.974. The van der Waals surface area contributed by atoms with E-state index in [4.69, 9.17) is 5.11 Å². The van der Waals surface area contributed by atoms with Crippen molar-refractivity contribution in [1.82, 2.24) is 9.55 Å². The van der Waals surface area contributed by atoms with Crippen LogP contribution in [0.15, 0.2) is 18.2 Å². The molecule has 0 aliphatic rings. The third-order valence-electron chi connectivity index (χ3n) is 2.24. The lowest BCUT2D eigenvalue weighted by Gasteiger charge is -2.02. The first-order chi connectivity index (χ1) is 7.58. The zero-order valence-corrected chi connectivity index (χ0v) is 8.57. The van der Waals surface area contributed by atoms with Gasteiger partial charge in [-0.25, -0.2) is 9.37 Å². The van der Waals surface area contributed by atoms with Gasteiger partial charge < -0.3 is 15.0 Å². The molecule has 0 radical (unpaired) electrons. The van der Waals surface area contributed by atoms with Crippen molar-refractivity contribution >= 4 is 23.0 Å². The molecule has 1 heterocycles. The third-order valence-corrected chi connectivity index (χ3v) is 2.24. The second-order valence-electron chi connectivity index (χ2n) is 3.37. The smallest absolute Gasteiger partial charge is 0.322 e. The normalized spacial score (nSPS) is 10.6. The van der Waals surface area contributed by atoms with Gasteiger partial charge in [0.25, 0.3) is 0 Å². The number of halogens is 1. The highest BCUT2D eigenvalue weighted by molar-refractivity contribution is 5.79.